The number of hydrogen-bond acceptors (Lipinski definition) is 3. The van der Waals surface area contributed by atoms with Gasteiger partial charge < -0.3 is 15.3 Å². The van der Waals surface area contributed by atoms with Crippen molar-refractivity contribution in [2.75, 3.05) is 24.5 Å². The maximum absolute atomic E-state index is 10.5. The molecular weight excluding hydrogens is 322 g/mol. The number of pyridine rings is 1. The Morgan fingerprint density at radius 2 is 2.10 bits per heavy atom. The third-order valence-corrected chi connectivity index (χ3v) is 4.90. The highest BCUT2D eigenvalue weighted by atomic mass is 79.9. The van der Waals surface area contributed by atoms with Gasteiger partial charge in [0.1, 0.15) is 5.82 Å². The minimum absolute atomic E-state index is 0.501. The van der Waals surface area contributed by atoms with Gasteiger partial charge in [0, 0.05) is 30.3 Å². The lowest BCUT2D eigenvalue weighted by atomic mass is 10.0. The highest BCUT2D eigenvalue weighted by Crippen LogP contribution is 2.42. The van der Waals surface area contributed by atoms with Gasteiger partial charge in [0.2, 0.25) is 0 Å². The lowest BCUT2D eigenvalue weighted by Crippen LogP contribution is -2.28. The minimum atomic E-state index is -0.914. The van der Waals surface area contributed by atoms with Crippen molar-refractivity contribution in [2.24, 2.45) is 17.8 Å². The molecule has 0 unspecified atom stereocenters. The molecule has 3 atom stereocenters. The SMILES string of the molecule is O=C(O)NC[C@@H]1C[C@@H]2CN(c3ccc(Br)cn3)C[C@@H]2C1. The van der Waals surface area contributed by atoms with E-state index in [1.807, 2.05) is 12.3 Å². The Morgan fingerprint density at radius 3 is 2.65 bits per heavy atom. The van der Waals surface area contributed by atoms with Gasteiger partial charge in [0.25, 0.3) is 0 Å². The van der Waals surface area contributed by atoms with Crippen molar-refractivity contribution in [1.29, 1.82) is 0 Å². The lowest BCUT2D eigenvalue weighted by molar-refractivity contribution is 0.192. The quantitative estimate of drug-likeness (QED) is 0.888. The van der Waals surface area contributed by atoms with Crippen LogP contribution in [0.15, 0.2) is 22.8 Å². The van der Waals surface area contributed by atoms with Crippen LogP contribution >= 0.6 is 15.9 Å². The molecule has 0 radical (unpaired) electrons. The fraction of sp³-hybridized carbons (Fsp3) is 0.571. The Balaban J connectivity index is 1.55. The van der Waals surface area contributed by atoms with Gasteiger partial charge in [-0.2, -0.15) is 0 Å². The number of carbonyl (C=O) groups is 1. The zero-order chi connectivity index (χ0) is 14.1. The molecule has 1 aliphatic heterocycles. The van der Waals surface area contributed by atoms with Crippen LogP contribution in [-0.2, 0) is 0 Å². The molecule has 5 nitrogen and oxygen atoms in total. The highest BCUT2D eigenvalue weighted by molar-refractivity contribution is 9.10. The van der Waals surface area contributed by atoms with Gasteiger partial charge in [-0.15, -0.1) is 0 Å². The largest absolute Gasteiger partial charge is 0.465 e. The molecule has 0 spiro atoms. The number of nitrogens with one attached hydrogen (secondary N) is 1. The topological polar surface area (TPSA) is 65.5 Å². The summed E-state index contributed by atoms with van der Waals surface area (Å²) in [4.78, 5) is 17.3. The van der Waals surface area contributed by atoms with Gasteiger partial charge in [-0.25, -0.2) is 9.78 Å². The van der Waals surface area contributed by atoms with Crippen LogP contribution in [0.1, 0.15) is 12.8 Å². The molecule has 3 rings (SSSR count). The maximum Gasteiger partial charge on any atom is 0.404 e. The van der Waals surface area contributed by atoms with Crippen LogP contribution in [-0.4, -0.2) is 35.8 Å². The van der Waals surface area contributed by atoms with Gasteiger partial charge in [0.15, 0.2) is 0 Å². The Bertz CT molecular complexity index is 480. The number of aromatic nitrogens is 1. The summed E-state index contributed by atoms with van der Waals surface area (Å²) in [6, 6.07) is 4.07. The number of halogens is 1. The van der Waals surface area contributed by atoms with Crippen LogP contribution in [0.2, 0.25) is 0 Å². The number of rotatable bonds is 3. The zero-order valence-electron chi connectivity index (χ0n) is 11.1. The normalized spacial score (nSPS) is 28.4. The Kier molecular flexibility index (Phi) is 3.83. The molecule has 2 aliphatic rings. The molecule has 2 heterocycles. The van der Waals surface area contributed by atoms with Crippen LogP contribution in [0.3, 0.4) is 0 Å². The first kappa shape index (κ1) is 13.7. The molecule has 1 amide bonds. The van der Waals surface area contributed by atoms with Crippen molar-refractivity contribution in [1.82, 2.24) is 10.3 Å². The molecular formula is C14H18BrN3O2. The fourth-order valence-electron chi connectivity index (χ4n) is 3.57. The van der Waals surface area contributed by atoms with E-state index < -0.39 is 6.09 Å². The van der Waals surface area contributed by atoms with Crippen molar-refractivity contribution < 1.29 is 9.90 Å². The van der Waals surface area contributed by atoms with Gasteiger partial charge in [-0.1, -0.05) is 0 Å². The van der Waals surface area contributed by atoms with E-state index in [-0.39, 0.29) is 0 Å². The number of carboxylic acid groups (broad SMARTS) is 1. The molecule has 20 heavy (non-hydrogen) atoms. The van der Waals surface area contributed by atoms with Crippen molar-refractivity contribution in [3.05, 3.63) is 22.8 Å². The maximum atomic E-state index is 10.5. The average Bonchev–Trinajstić information content (AvgIpc) is 2.95. The van der Waals surface area contributed by atoms with Crippen molar-refractivity contribution >= 4 is 27.8 Å². The van der Waals surface area contributed by atoms with Gasteiger partial charge in [-0.3, -0.25) is 0 Å². The Morgan fingerprint density at radius 1 is 1.40 bits per heavy atom. The third kappa shape index (κ3) is 2.90. The van der Waals surface area contributed by atoms with Gasteiger partial charge in [0.05, 0.1) is 0 Å². The molecule has 1 saturated heterocycles. The van der Waals surface area contributed by atoms with Gasteiger partial charge in [-0.05, 0) is 58.7 Å². The first-order chi connectivity index (χ1) is 9.61. The number of anilines is 1. The molecule has 1 saturated carbocycles. The summed E-state index contributed by atoms with van der Waals surface area (Å²) < 4.78 is 1.00. The summed E-state index contributed by atoms with van der Waals surface area (Å²) in [5.74, 6) is 2.91. The second-order valence-corrected chi connectivity index (χ2v) is 6.70. The van der Waals surface area contributed by atoms with Crippen LogP contribution < -0.4 is 10.2 Å². The summed E-state index contributed by atoms with van der Waals surface area (Å²) in [5, 5.41) is 11.2. The summed E-state index contributed by atoms with van der Waals surface area (Å²) >= 11 is 3.40. The van der Waals surface area contributed by atoms with Crippen molar-refractivity contribution in [3.63, 3.8) is 0 Å². The first-order valence-corrected chi connectivity index (χ1v) is 7.74. The molecule has 6 heteroatoms. The van der Waals surface area contributed by atoms with E-state index in [4.69, 9.17) is 5.11 Å². The zero-order valence-corrected chi connectivity index (χ0v) is 12.7. The second-order valence-electron chi connectivity index (χ2n) is 5.78. The van der Waals surface area contributed by atoms with E-state index >= 15 is 0 Å². The molecule has 2 N–H and O–H groups in total. The molecule has 1 aliphatic carbocycles. The van der Waals surface area contributed by atoms with E-state index in [0.29, 0.717) is 24.3 Å². The molecule has 2 fully saturated rings. The predicted octanol–water partition coefficient (Wildman–Crippen LogP) is 2.57. The number of nitrogens with zero attached hydrogens (tertiary/aromatic N) is 2. The Hall–Kier alpha value is -1.30. The predicted molar refractivity (Wildman–Crippen MR) is 79.9 cm³/mol. The summed E-state index contributed by atoms with van der Waals surface area (Å²) in [7, 11) is 0. The van der Waals surface area contributed by atoms with E-state index in [1.165, 1.54) is 0 Å². The van der Waals surface area contributed by atoms with E-state index in [9.17, 15) is 4.79 Å². The van der Waals surface area contributed by atoms with Crippen LogP contribution in [0.25, 0.3) is 0 Å². The van der Waals surface area contributed by atoms with Crippen LogP contribution in [0.4, 0.5) is 10.6 Å². The highest BCUT2D eigenvalue weighted by Gasteiger charge is 2.41. The van der Waals surface area contributed by atoms with Gasteiger partial charge >= 0.3 is 6.09 Å². The second kappa shape index (κ2) is 5.60. The summed E-state index contributed by atoms with van der Waals surface area (Å²) in [5.41, 5.74) is 0. The molecule has 108 valence electrons. The van der Waals surface area contributed by atoms with Crippen LogP contribution in [0, 0.1) is 17.8 Å². The lowest BCUT2D eigenvalue weighted by Gasteiger charge is -2.20. The standard InChI is InChI=1S/C14H18BrN3O2/c15-12-1-2-13(16-6-12)18-7-10-3-9(4-11(10)8-18)5-17-14(19)20/h1-2,6,9-11,17H,3-5,7-8H2,(H,19,20)/t9-,10-,11+. The summed E-state index contributed by atoms with van der Waals surface area (Å²) in [6.07, 6.45) is 3.17. The van der Waals surface area contributed by atoms with Crippen molar-refractivity contribution in [3.8, 4) is 0 Å². The third-order valence-electron chi connectivity index (χ3n) is 4.43. The van der Waals surface area contributed by atoms with E-state index in [0.717, 1.165) is 36.2 Å². The summed E-state index contributed by atoms with van der Waals surface area (Å²) in [6.45, 7) is 2.69. The monoisotopic (exact) mass is 339 g/mol. The van der Waals surface area contributed by atoms with Crippen molar-refractivity contribution in [2.45, 2.75) is 12.8 Å². The van der Waals surface area contributed by atoms with Crippen LogP contribution in [0.5, 0.6) is 0 Å². The molecule has 1 aromatic heterocycles. The smallest absolute Gasteiger partial charge is 0.404 e. The number of fused-ring (bicyclic) bond motifs is 1. The minimum Gasteiger partial charge on any atom is -0.465 e. The van der Waals surface area contributed by atoms with E-state index in [1.54, 1.807) is 0 Å². The number of amides is 1. The molecule has 1 aromatic rings. The Labute approximate surface area is 126 Å². The fourth-order valence-corrected chi connectivity index (χ4v) is 3.80. The van der Waals surface area contributed by atoms with E-state index in [2.05, 4.69) is 37.2 Å². The first-order valence-electron chi connectivity index (χ1n) is 6.95. The molecule has 0 aromatic carbocycles. The molecule has 0 bridgehead atoms. The average molecular weight is 340 g/mol. The number of hydrogen-bond donors (Lipinski definition) is 2.